The lowest BCUT2D eigenvalue weighted by Crippen LogP contribution is -2.42. The molecule has 0 aliphatic rings. The van der Waals surface area contributed by atoms with Crippen LogP contribution in [0.3, 0.4) is 0 Å². The number of halogens is 1. The predicted molar refractivity (Wildman–Crippen MR) is 43.4 cm³/mol. The van der Waals surface area contributed by atoms with Crippen LogP contribution in [0.5, 0.6) is 0 Å². The monoisotopic (exact) mass is 184 g/mol. The summed E-state index contributed by atoms with van der Waals surface area (Å²) in [6.45, 7) is 1.30. The fourth-order valence-corrected chi connectivity index (χ4v) is 0.793. The van der Waals surface area contributed by atoms with E-state index in [1.807, 2.05) is 0 Å². The van der Waals surface area contributed by atoms with E-state index in [1.165, 1.54) is 13.0 Å². The molecule has 1 aromatic heterocycles. The molecular weight excluding hydrogens is 175 g/mol. The first kappa shape index (κ1) is 9.60. The summed E-state index contributed by atoms with van der Waals surface area (Å²) in [5.74, 6) is -1.73. The Morgan fingerprint density at radius 2 is 2.31 bits per heavy atom. The summed E-state index contributed by atoms with van der Waals surface area (Å²) in [5, 5.41) is 8.71. The second kappa shape index (κ2) is 3.10. The van der Waals surface area contributed by atoms with E-state index in [1.54, 1.807) is 0 Å². The van der Waals surface area contributed by atoms with Gasteiger partial charge in [-0.25, -0.2) is 9.18 Å². The first-order chi connectivity index (χ1) is 5.94. The van der Waals surface area contributed by atoms with Crippen molar-refractivity contribution in [1.82, 2.24) is 4.98 Å². The van der Waals surface area contributed by atoms with E-state index in [0.29, 0.717) is 0 Å². The average Bonchev–Trinajstić information content (AvgIpc) is 2.04. The molecule has 0 fully saturated rings. The Kier molecular flexibility index (Phi) is 2.29. The van der Waals surface area contributed by atoms with Crippen molar-refractivity contribution in [3.05, 3.63) is 29.8 Å². The number of hydrogen-bond acceptors (Lipinski definition) is 3. The molecule has 0 saturated heterocycles. The molecule has 13 heavy (non-hydrogen) atoms. The SMILES string of the molecule is C[C@@](N)(C(=O)O)c1ccc(F)cn1. The predicted octanol–water partition coefficient (Wildman–Crippen LogP) is 0.479. The third-order valence-electron chi connectivity index (χ3n) is 1.70. The van der Waals surface area contributed by atoms with Gasteiger partial charge in [0.2, 0.25) is 0 Å². The number of pyridine rings is 1. The molecule has 0 unspecified atom stereocenters. The highest BCUT2D eigenvalue weighted by molar-refractivity contribution is 5.79. The molecule has 3 N–H and O–H groups in total. The van der Waals surface area contributed by atoms with Crippen LogP contribution in [0.4, 0.5) is 4.39 Å². The fourth-order valence-electron chi connectivity index (χ4n) is 0.793. The number of carboxylic acids is 1. The third kappa shape index (κ3) is 1.81. The van der Waals surface area contributed by atoms with Crippen molar-refractivity contribution in [2.24, 2.45) is 5.73 Å². The number of aliphatic carboxylic acids is 1. The van der Waals surface area contributed by atoms with Gasteiger partial charge in [-0.1, -0.05) is 0 Å². The topological polar surface area (TPSA) is 76.2 Å². The highest BCUT2D eigenvalue weighted by atomic mass is 19.1. The van der Waals surface area contributed by atoms with Crippen molar-refractivity contribution < 1.29 is 14.3 Å². The van der Waals surface area contributed by atoms with E-state index in [4.69, 9.17) is 10.8 Å². The number of carboxylic acid groups (broad SMARTS) is 1. The van der Waals surface area contributed by atoms with Crippen molar-refractivity contribution in [1.29, 1.82) is 0 Å². The van der Waals surface area contributed by atoms with Crippen LogP contribution in [0.25, 0.3) is 0 Å². The summed E-state index contributed by atoms with van der Waals surface area (Å²) in [6.07, 6.45) is 0.934. The molecule has 0 aliphatic carbocycles. The van der Waals surface area contributed by atoms with Gasteiger partial charge in [0.1, 0.15) is 5.82 Å². The molecular formula is C8H9FN2O2. The van der Waals surface area contributed by atoms with Crippen LogP contribution in [-0.4, -0.2) is 16.1 Å². The van der Waals surface area contributed by atoms with Gasteiger partial charge in [0.25, 0.3) is 0 Å². The van der Waals surface area contributed by atoms with Crippen LogP contribution in [0, 0.1) is 5.82 Å². The minimum absolute atomic E-state index is 0.126. The van der Waals surface area contributed by atoms with E-state index in [-0.39, 0.29) is 5.69 Å². The maximum absolute atomic E-state index is 12.4. The molecule has 0 spiro atoms. The second-order valence-corrected chi connectivity index (χ2v) is 2.87. The Bertz CT molecular complexity index is 321. The van der Waals surface area contributed by atoms with Gasteiger partial charge in [-0.2, -0.15) is 0 Å². The standard InChI is InChI=1S/C8H9FN2O2/c1-8(10,7(12)13)6-3-2-5(9)4-11-6/h2-4H,10H2,1H3,(H,12,13)/t8-/m0/s1. The van der Waals surface area contributed by atoms with Crippen LogP contribution in [0.1, 0.15) is 12.6 Å². The number of rotatable bonds is 2. The number of aromatic nitrogens is 1. The zero-order chi connectivity index (χ0) is 10.1. The van der Waals surface area contributed by atoms with Gasteiger partial charge in [0, 0.05) is 0 Å². The summed E-state index contributed by atoms with van der Waals surface area (Å²) >= 11 is 0. The molecule has 1 atom stereocenters. The first-order valence-corrected chi connectivity index (χ1v) is 3.59. The molecule has 1 aromatic rings. The number of nitrogens with two attached hydrogens (primary N) is 1. The molecule has 0 bridgehead atoms. The maximum Gasteiger partial charge on any atom is 0.329 e. The smallest absolute Gasteiger partial charge is 0.329 e. The Labute approximate surface area is 74.2 Å². The molecule has 4 nitrogen and oxygen atoms in total. The van der Waals surface area contributed by atoms with Gasteiger partial charge in [-0.05, 0) is 19.1 Å². The maximum atomic E-state index is 12.4. The van der Waals surface area contributed by atoms with E-state index in [2.05, 4.69) is 4.98 Å². The largest absolute Gasteiger partial charge is 0.480 e. The van der Waals surface area contributed by atoms with Gasteiger partial charge in [0.15, 0.2) is 5.54 Å². The summed E-state index contributed by atoms with van der Waals surface area (Å²) in [4.78, 5) is 14.2. The molecule has 5 heteroatoms. The van der Waals surface area contributed by atoms with E-state index >= 15 is 0 Å². The van der Waals surface area contributed by atoms with Gasteiger partial charge in [-0.3, -0.25) is 4.98 Å². The van der Waals surface area contributed by atoms with Gasteiger partial charge >= 0.3 is 5.97 Å². The van der Waals surface area contributed by atoms with Crippen molar-refractivity contribution >= 4 is 5.97 Å². The van der Waals surface area contributed by atoms with Crippen molar-refractivity contribution in [2.45, 2.75) is 12.5 Å². The zero-order valence-corrected chi connectivity index (χ0v) is 6.99. The lowest BCUT2D eigenvalue weighted by atomic mass is 9.99. The van der Waals surface area contributed by atoms with Crippen molar-refractivity contribution in [3.8, 4) is 0 Å². The molecule has 0 aromatic carbocycles. The van der Waals surface area contributed by atoms with E-state index < -0.39 is 17.3 Å². The summed E-state index contributed by atoms with van der Waals surface area (Å²) in [7, 11) is 0. The highest BCUT2D eigenvalue weighted by Crippen LogP contribution is 2.14. The lowest BCUT2D eigenvalue weighted by Gasteiger charge is -2.17. The molecule has 0 amide bonds. The minimum Gasteiger partial charge on any atom is -0.480 e. The van der Waals surface area contributed by atoms with Gasteiger partial charge in [0.05, 0.1) is 11.9 Å². The van der Waals surface area contributed by atoms with Crippen LogP contribution in [0.2, 0.25) is 0 Å². The third-order valence-corrected chi connectivity index (χ3v) is 1.70. The minimum atomic E-state index is -1.58. The molecule has 0 radical (unpaired) electrons. The summed E-state index contributed by atoms with van der Waals surface area (Å²) in [6, 6.07) is 2.37. The molecule has 1 heterocycles. The van der Waals surface area contributed by atoms with Crippen LogP contribution in [-0.2, 0) is 10.3 Å². The van der Waals surface area contributed by atoms with E-state index in [0.717, 1.165) is 12.3 Å². The molecule has 70 valence electrons. The number of hydrogen-bond donors (Lipinski definition) is 2. The molecule has 0 saturated carbocycles. The average molecular weight is 184 g/mol. The number of carbonyl (C=O) groups is 1. The normalized spacial score (nSPS) is 15.0. The Morgan fingerprint density at radius 1 is 1.69 bits per heavy atom. The highest BCUT2D eigenvalue weighted by Gasteiger charge is 2.31. The zero-order valence-electron chi connectivity index (χ0n) is 6.99. The lowest BCUT2D eigenvalue weighted by molar-refractivity contribution is -0.143. The summed E-state index contributed by atoms with van der Waals surface area (Å²) in [5.41, 5.74) is 4.00. The van der Waals surface area contributed by atoms with Gasteiger partial charge < -0.3 is 10.8 Å². The van der Waals surface area contributed by atoms with Crippen molar-refractivity contribution in [2.75, 3.05) is 0 Å². The first-order valence-electron chi connectivity index (χ1n) is 3.59. The fraction of sp³-hybridized carbons (Fsp3) is 0.250. The van der Waals surface area contributed by atoms with Crippen LogP contribution >= 0.6 is 0 Å². The Morgan fingerprint density at radius 3 is 2.69 bits per heavy atom. The van der Waals surface area contributed by atoms with Crippen molar-refractivity contribution in [3.63, 3.8) is 0 Å². The van der Waals surface area contributed by atoms with Crippen LogP contribution < -0.4 is 5.73 Å². The Balaban J connectivity index is 3.08. The van der Waals surface area contributed by atoms with E-state index in [9.17, 15) is 9.18 Å². The number of nitrogens with zero attached hydrogens (tertiary/aromatic N) is 1. The second-order valence-electron chi connectivity index (χ2n) is 2.87. The summed E-state index contributed by atoms with van der Waals surface area (Å²) < 4.78 is 12.4. The van der Waals surface area contributed by atoms with Crippen LogP contribution in [0.15, 0.2) is 18.3 Å². The van der Waals surface area contributed by atoms with Gasteiger partial charge in [-0.15, -0.1) is 0 Å². The Hall–Kier alpha value is -1.49. The molecule has 1 rings (SSSR count). The quantitative estimate of drug-likeness (QED) is 0.700. The molecule has 0 aliphatic heterocycles.